The number of allylic oxidation sites excluding steroid dienone is 1. The minimum Gasteiger partial charge on any atom is -0.349 e. The molecule has 0 heterocycles. The molecule has 5 nitrogen and oxygen atoms in total. The molecular formula is C16H18N2O3. The van der Waals surface area contributed by atoms with Crippen molar-refractivity contribution >= 4 is 17.7 Å². The number of carbonyl (C=O) groups excluding carboxylic acids is 1. The van der Waals surface area contributed by atoms with Crippen molar-refractivity contribution in [2.75, 3.05) is 6.54 Å². The highest BCUT2D eigenvalue weighted by Crippen LogP contribution is 2.16. The van der Waals surface area contributed by atoms with Crippen LogP contribution in [0.15, 0.2) is 42.0 Å². The fourth-order valence-corrected chi connectivity index (χ4v) is 2.24. The van der Waals surface area contributed by atoms with Gasteiger partial charge in [0.25, 0.3) is 5.69 Å². The van der Waals surface area contributed by atoms with Crippen LogP contribution in [0, 0.1) is 10.1 Å². The highest BCUT2D eigenvalue weighted by Gasteiger charge is 2.05. The molecule has 2 rings (SSSR count). The van der Waals surface area contributed by atoms with E-state index in [1.807, 2.05) is 0 Å². The van der Waals surface area contributed by atoms with Crippen LogP contribution in [0.3, 0.4) is 0 Å². The first-order valence-electron chi connectivity index (χ1n) is 7.03. The number of non-ortho nitro benzene ring substituents is 1. The Bertz CT molecular complexity index is 591. The van der Waals surface area contributed by atoms with Crippen LogP contribution < -0.4 is 5.32 Å². The van der Waals surface area contributed by atoms with E-state index in [1.165, 1.54) is 36.6 Å². The van der Waals surface area contributed by atoms with Crippen molar-refractivity contribution in [2.45, 2.75) is 25.7 Å². The van der Waals surface area contributed by atoms with Crippen LogP contribution in [0.2, 0.25) is 0 Å². The number of benzene rings is 1. The number of hydrogen-bond donors (Lipinski definition) is 1. The fourth-order valence-electron chi connectivity index (χ4n) is 2.24. The Hall–Kier alpha value is -2.43. The maximum absolute atomic E-state index is 11.7. The Morgan fingerprint density at radius 3 is 2.95 bits per heavy atom. The van der Waals surface area contributed by atoms with Gasteiger partial charge in [-0.1, -0.05) is 23.8 Å². The van der Waals surface area contributed by atoms with Gasteiger partial charge in [-0.05, 0) is 37.3 Å². The first-order chi connectivity index (χ1) is 10.1. The molecule has 1 aliphatic rings. The van der Waals surface area contributed by atoms with Crippen LogP contribution in [0.4, 0.5) is 5.69 Å². The second-order valence-corrected chi connectivity index (χ2v) is 5.01. The molecule has 0 fully saturated rings. The van der Waals surface area contributed by atoms with E-state index >= 15 is 0 Å². The topological polar surface area (TPSA) is 72.2 Å². The first kappa shape index (κ1) is 15.0. The average Bonchev–Trinajstić information content (AvgIpc) is 2.52. The van der Waals surface area contributed by atoms with Gasteiger partial charge in [-0.25, -0.2) is 0 Å². The third-order valence-corrected chi connectivity index (χ3v) is 3.38. The predicted octanol–water partition coefficient (Wildman–Crippen LogP) is 3.22. The molecule has 0 spiro atoms. The number of nitrogens with one attached hydrogen (secondary N) is 1. The van der Waals surface area contributed by atoms with Gasteiger partial charge in [0.2, 0.25) is 5.91 Å². The molecule has 0 saturated carbocycles. The van der Waals surface area contributed by atoms with Crippen molar-refractivity contribution in [3.8, 4) is 0 Å². The van der Waals surface area contributed by atoms with Gasteiger partial charge in [0.05, 0.1) is 4.92 Å². The van der Waals surface area contributed by atoms with Gasteiger partial charge >= 0.3 is 0 Å². The molecule has 1 aromatic carbocycles. The van der Waals surface area contributed by atoms with Crippen molar-refractivity contribution in [3.05, 3.63) is 57.7 Å². The second-order valence-electron chi connectivity index (χ2n) is 5.01. The van der Waals surface area contributed by atoms with Gasteiger partial charge in [0.15, 0.2) is 0 Å². The van der Waals surface area contributed by atoms with Crippen LogP contribution in [0.5, 0.6) is 0 Å². The summed E-state index contributed by atoms with van der Waals surface area (Å²) in [6.07, 6.45) is 9.73. The lowest BCUT2D eigenvalue weighted by molar-refractivity contribution is -0.384. The summed E-state index contributed by atoms with van der Waals surface area (Å²) < 4.78 is 0. The zero-order valence-corrected chi connectivity index (χ0v) is 11.7. The smallest absolute Gasteiger partial charge is 0.270 e. The van der Waals surface area contributed by atoms with Crippen molar-refractivity contribution in [3.63, 3.8) is 0 Å². The summed E-state index contributed by atoms with van der Waals surface area (Å²) in [5, 5.41) is 13.5. The molecule has 5 heteroatoms. The molecule has 0 atom stereocenters. The van der Waals surface area contributed by atoms with Crippen LogP contribution >= 0.6 is 0 Å². The summed E-state index contributed by atoms with van der Waals surface area (Å²) >= 11 is 0. The summed E-state index contributed by atoms with van der Waals surface area (Å²) in [5.41, 5.74) is 1.93. The summed E-state index contributed by atoms with van der Waals surface area (Å²) in [6, 6.07) is 6.18. The number of amides is 1. The van der Waals surface area contributed by atoms with Crippen molar-refractivity contribution < 1.29 is 9.72 Å². The number of nitro benzene ring substituents is 1. The molecule has 110 valence electrons. The van der Waals surface area contributed by atoms with E-state index in [4.69, 9.17) is 0 Å². The second kappa shape index (κ2) is 7.38. The van der Waals surface area contributed by atoms with Crippen LogP contribution in [-0.2, 0) is 4.79 Å². The minimum absolute atomic E-state index is 0.0184. The average molecular weight is 286 g/mol. The molecule has 1 aliphatic carbocycles. The van der Waals surface area contributed by atoms with E-state index in [1.54, 1.807) is 18.2 Å². The SMILES string of the molecule is O=C(/C=C/c1cccc([N+](=O)[O-])c1)NCC1=CCCCC1. The lowest BCUT2D eigenvalue weighted by atomic mass is 10.00. The standard InChI is InChI=1S/C16H18N2O3/c19-16(17-12-14-5-2-1-3-6-14)10-9-13-7-4-8-15(11-13)18(20)21/h4-5,7-11H,1-3,6,12H2,(H,17,19)/b10-9+. The third kappa shape index (κ3) is 4.87. The summed E-state index contributed by atoms with van der Waals surface area (Å²) in [6.45, 7) is 0.581. The van der Waals surface area contributed by atoms with E-state index in [2.05, 4.69) is 11.4 Å². The maximum atomic E-state index is 11.7. The van der Waals surface area contributed by atoms with Crippen molar-refractivity contribution in [1.29, 1.82) is 0 Å². The lowest BCUT2D eigenvalue weighted by Gasteiger charge is -2.12. The largest absolute Gasteiger partial charge is 0.349 e. The van der Waals surface area contributed by atoms with Gasteiger partial charge < -0.3 is 5.32 Å². The molecule has 0 unspecified atom stereocenters. The highest BCUT2D eigenvalue weighted by atomic mass is 16.6. The fraction of sp³-hybridized carbons (Fsp3) is 0.312. The highest BCUT2D eigenvalue weighted by molar-refractivity contribution is 5.91. The molecule has 0 aromatic heterocycles. The summed E-state index contributed by atoms with van der Waals surface area (Å²) in [4.78, 5) is 21.9. The normalized spacial score (nSPS) is 14.8. The molecule has 1 aromatic rings. The van der Waals surface area contributed by atoms with Crippen LogP contribution in [-0.4, -0.2) is 17.4 Å². The lowest BCUT2D eigenvalue weighted by Crippen LogP contribution is -2.24. The summed E-state index contributed by atoms with van der Waals surface area (Å²) in [5.74, 6) is -0.187. The Kier molecular flexibility index (Phi) is 5.26. The zero-order chi connectivity index (χ0) is 15.1. The van der Waals surface area contributed by atoms with Gasteiger partial charge in [-0.3, -0.25) is 14.9 Å². The van der Waals surface area contributed by atoms with Crippen molar-refractivity contribution in [1.82, 2.24) is 5.32 Å². The van der Waals surface area contributed by atoms with Gasteiger partial charge in [0, 0.05) is 24.8 Å². The van der Waals surface area contributed by atoms with Gasteiger partial charge in [0.1, 0.15) is 0 Å². The molecule has 0 radical (unpaired) electrons. The molecule has 0 saturated heterocycles. The molecular weight excluding hydrogens is 268 g/mol. The predicted molar refractivity (Wildman–Crippen MR) is 81.7 cm³/mol. The van der Waals surface area contributed by atoms with E-state index in [0.29, 0.717) is 12.1 Å². The molecule has 1 amide bonds. The number of nitro groups is 1. The molecule has 1 N–H and O–H groups in total. The zero-order valence-electron chi connectivity index (χ0n) is 11.7. The number of hydrogen-bond acceptors (Lipinski definition) is 3. The van der Waals surface area contributed by atoms with Crippen molar-refractivity contribution in [2.24, 2.45) is 0 Å². The molecule has 21 heavy (non-hydrogen) atoms. The van der Waals surface area contributed by atoms with Gasteiger partial charge in [-0.15, -0.1) is 0 Å². The number of carbonyl (C=O) groups is 1. The Labute approximate surface area is 123 Å². The quantitative estimate of drug-likeness (QED) is 0.391. The number of nitrogens with zero attached hydrogens (tertiary/aromatic N) is 1. The third-order valence-electron chi connectivity index (χ3n) is 3.38. The number of rotatable bonds is 5. The van der Waals surface area contributed by atoms with Crippen LogP contribution in [0.25, 0.3) is 6.08 Å². The maximum Gasteiger partial charge on any atom is 0.270 e. The Morgan fingerprint density at radius 1 is 1.38 bits per heavy atom. The van der Waals surface area contributed by atoms with E-state index in [0.717, 1.165) is 12.8 Å². The molecule has 0 bridgehead atoms. The molecule has 0 aliphatic heterocycles. The minimum atomic E-state index is -0.451. The monoisotopic (exact) mass is 286 g/mol. The Balaban J connectivity index is 1.88. The Morgan fingerprint density at radius 2 is 2.24 bits per heavy atom. The van der Waals surface area contributed by atoms with E-state index in [-0.39, 0.29) is 11.6 Å². The van der Waals surface area contributed by atoms with E-state index < -0.39 is 4.92 Å². The first-order valence-corrected chi connectivity index (χ1v) is 7.03. The summed E-state index contributed by atoms with van der Waals surface area (Å²) in [7, 11) is 0. The van der Waals surface area contributed by atoms with E-state index in [9.17, 15) is 14.9 Å². The van der Waals surface area contributed by atoms with Gasteiger partial charge in [-0.2, -0.15) is 0 Å². The van der Waals surface area contributed by atoms with Crippen LogP contribution in [0.1, 0.15) is 31.2 Å².